The molecular weight excluding hydrogens is 239 g/mol. The summed E-state index contributed by atoms with van der Waals surface area (Å²) in [6.45, 7) is 8.28. The van der Waals surface area contributed by atoms with Gasteiger partial charge < -0.3 is 10.2 Å². The average molecular weight is 262 g/mol. The monoisotopic (exact) mass is 262 g/mol. The standard InChI is InChI=1S/C16H23FN2/c1-11-4-7-14(8-15(11)17)19-10-16(3,13-5-6-13)18-9-12(19)2/h4,7-8,12-13,18H,5-6,9-10H2,1-3H3. The highest BCUT2D eigenvalue weighted by Gasteiger charge is 2.45. The molecule has 1 aliphatic carbocycles. The van der Waals surface area contributed by atoms with Crippen molar-refractivity contribution in [2.75, 3.05) is 18.0 Å². The van der Waals surface area contributed by atoms with E-state index in [1.54, 1.807) is 6.07 Å². The van der Waals surface area contributed by atoms with Gasteiger partial charge in [-0.1, -0.05) is 6.07 Å². The summed E-state index contributed by atoms with van der Waals surface area (Å²) in [6.07, 6.45) is 2.65. The van der Waals surface area contributed by atoms with E-state index in [-0.39, 0.29) is 11.4 Å². The fourth-order valence-corrected chi connectivity index (χ4v) is 3.16. The molecule has 0 radical (unpaired) electrons. The van der Waals surface area contributed by atoms with E-state index in [1.165, 1.54) is 12.8 Å². The van der Waals surface area contributed by atoms with Gasteiger partial charge in [-0.2, -0.15) is 0 Å². The number of anilines is 1. The predicted octanol–water partition coefficient (Wildman–Crippen LogP) is 3.10. The van der Waals surface area contributed by atoms with E-state index in [4.69, 9.17) is 0 Å². The molecule has 2 atom stereocenters. The molecule has 0 aromatic heterocycles. The van der Waals surface area contributed by atoms with Gasteiger partial charge in [0.15, 0.2) is 0 Å². The number of nitrogens with zero attached hydrogens (tertiary/aromatic N) is 1. The van der Waals surface area contributed by atoms with Crippen molar-refractivity contribution in [1.82, 2.24) is 5.32 Å². The van der Waals surface area contributed by atoms with Gasteiger partial charge in [-0.25, -0.2) is 4.39 Å². The molecule has 3 rings (SSSR count). The van der Waals surface area contributed by atoms with Gasteiger partial charge in [-0.05, 0) is 57.2 Å². The smallest absolute Gasteiger partial charge is 0.128 e. The molecule has 2 aliphatic rings. The lowest BCUT2D eigenvalue weighted by atomic mass is 9.91. The zero-order valence-corrected chi connectivity index (χ0v) is 12.0. The Hall–Kier alpha value is -1.09. The minimum atomic E-state index is -0.101. The minimum Gasteiger partial charge on any atom is -0.366 e. The molecule has 3 heteroatoms. The summed E-state index contributed by atoms with van der Waals surface area (Å²) in [5.41, 5.74) is 1.92. The van der Waals surface area contributed by atoms with Gasteiger partial charge in [0.25, 0.3) is 0 Å². The van der Waals surface area contributed by atoms with E-state index in [1.807, 2.05) is 19.1 Å². The van der Waals surface area contributed by atoms with Crippen LogP contribution in [0, 0.1) is 18.7 Å². The van der Waals surface area contributed by atoms with Crippen molar-refractivity contribution in [2.45, 2.75) is 45.2 Å². The van der Waals surface area contributed by atoms with Gasteiger partial charge in [0.05, 0.1) is 0 Å². The molecule has 104 valence electrons. The first-order chi connectivity index (χ1) is 8.99. The number of nitrogens with one attached hydrogen (secondary N) is 1. The summed E-state index contributed by atoms with van der Waals surface area (Å²) in [4.78, 5) is 2.36. The molecule has 1 heterocycles. The molecule has 2 unspecified atom stereocenters. The minimum absolute atomic E-state index is 0.101. The van der Waals surface area contributed by atoms with Crippen LogP contribution >= 0.6 is 0 Å². The van der Waals surface area contributed by atoms with Crippen LogP contribution in [-0.4, -0.2) is 24.7 Å². The maximum atomic E-state index is 13.8. The van der Waals surface area contributed by atoms with Gasteiger partial charge in [0.2, 0.25) is 0 Å². The largest absolute Gasteiger partial charge is 0.366 e. The van der Waals surface area contributed by atoms with Crippen LogP contribution < -0.4 is 10.2 Å². The molecule has 0 amide bonds. The van der Waals surface area contributed by atoms with Gasteiger partial charge >= 0.3 is 0 Å². The van der Waals surface area contributed by atoms with E-state index in [9.17, 15) is 4.39 Å². The average Bonchev–Trinajstić information content (AvgIpc) is 3.21. The second kappa shape index (κ2) is 4.48. The Labute approximate surface area is 115 Å². The predicted molar refractivity (Wildman–Crippen MR) is 77.1 cm³/mol. The van der Waals surface area contributed by atoms with E-state index in [0.29, 0.717) is 6.04 Å². The third-order valence-electron chi connectivity index (χ3n) is 4.80. The van der Waals surface area contributed by atoms with E-state index in [0.717, 1.165) is 30.3 Å². The summed E-state index contributed by atoms with van der Waals surface area (Å²) >= 11 is 0. The SMILES string of the molecule is Cc1ccc(N2CC(C)(C3CC3)NCC2C)cc1F. The third kappa shape index (κ3) is 2.36. The highest BCUT2D eigenvalue weighted by Crippen LogP contribution is 2.42. The Morgan fingerprint density at radius 2 is 2.11 bits per heavy atom. The van der Waals surface area contributed by atoms with Crippen molar-refractivity contribution in [3.05, 3.63) is 29.6 Å². The lowest BCUT2D eigenvalue weighted by Crippen LogP contribution is -2.63. The molecule has 2 nitrogen and oxygen atoms in total. The van der Waals surface area contributed by atoms with Crippen molar-refractivity contribution in [3.8, 4) is 0 Å². The normalized spacial score (nSPS) is 31.6. The molecule has 19 heavy (non-hydrogen) atoms. The Morgan fingerprint density at radius 1 is 1.37 bits per heavy atom. The molecule has 2 fully saturated rings. The topological polar surface area (TPSA) is 15.3 Å². The highest BCUT2D eigenvalue weighted by atomic mass is 19.1. The molecule has 1 saturated heterocycles. The summed E-state index contributed by atoms with van der Waals surface area (Å²) in [7, 11) is 0. The van der Waals surface area contributed by atoms with Gasteiger partial charge in [0.1, 0.15) is 5.82 Å². The lowest BCUT2D eigenvalue weighted by molar-refractivity contribution is 0.260. The quantitative estimate of drug-likeness (QED) is 0.881. The van der Waals surface area contributed by atoms with Gasteiger partial charge in [-0.3, -0.25) is 0 Å². The zero-order valence-electron chi connectivity index (χ0n) is 12.0. The molecule has 1 aromatic carbocycles. The van der Waals surface area contributed by atoms with Gasteiger partial charge in [0, 0.05) is 30.4 Å². The summed E-state index contributed by atoms with van der Waals surface area (Å²) in [5.74, 6) is 0.689. The van der Waals surface area contributed by atoms with Gasteiger partial charge in [-0.15, -0.1) is 0 Å². The number of rotatable bonds is 2. The van der Waals surface area contributed by atoms with Crippen LogP contribution in [0.5, 0.6) is 0 Å². The first-order valence-corrected chi connectivity index (χ1v) is 7.27. The summed E-state index contributed by atoms with van der Waals surface area (Å²) in [6, 6.07) is 6.03. The maximum Gasteiger partial charge on any atom is 0.128 e. The van der Waals surface area contributed by atoms with Crippen molar-refractivity contribution in [1.29, 1.82) is 0 Å². The van der Waals surface area contributed by atoms with Crippen molar-refractivity contribution in [2.24, 2.45) is 5.92 Å². The molecule has 1 N–H and O–H groups in total. The van der Waals surface area contributed by atoms with E-state index < -0.39 is 0 Å². The zero-order chi connectivity index (χ0) is 13.6. The number of halogens is 1. The van der Waals surface area contributed by atoms with Crippen LogP contribution in [-0.2, 0) is 0 Å². The first-order valence-electron chi connectivity index (χ1n) is 7.27. The Balaban J connectivity index is 1.86. The molecule has 0 spiro atoms. The van der Waals surface area contributed by atoms with E-state index >= 15 is 0 Å². The van der Waals surface area contributed by atoms with Crippen molar-refractivity contribution < 1.29 is 4.39 Å². The molecule has 1 aromatic rings. The highest BCUT2D eigenvalue weighted by molar-refractivity contribution is 5.50. The third-order valence-corrected chi connectivity index (χ3v) is 4.80. The van der Waals surface area contributed by atoms with Crippen LogP contribution in [0.25, 0.3) is 0 Å². The lowest BCUT2D eigenvalue weighted by Gasteiger charge is -2.47. The van der Waals surface area contributed by atoms with Crippen LogP contribution in [0.1, 0.15) is 32.3 Å². The number of aryl methyl sites for hydroxylation is 1. The number of benzene rings is 1. The maximum absolute atomic E-state index is 13.8. The molecule has 0 bridgehead atoms. The number of piperazine rings is 1. The van der Waals surface area contributed by atoms with Crippen molar-refractivity contribution >= 4 is 5.69 Å². The Kier molecular flexibility index (Phi) is 3.05. The van der Waals surface area contributed by atoms with Crippen molar-refractivity contribution in [3.63, 3.8) is 0 Å². The number of hydrogen-bond donors (Lipinski definition) is 1. The van der Waals surface area contributed by atoms with E-state index in [2.05, 4.69) is 24.1 Å². The van der Waals surface area contributed by atoms with Crippen LogP contribution in [0.15, 0.2) is 18.2 Å². The second-order valence-electron chi connectivity index (χ2n) is 6.48. The molecule has 1 aliphatic heterocycles. The van der Waals surface area contributed by atoms with Crippen LogP contribution in [0.3, 0.4) is 0 Å². The number of hydrogen-bond acceptors (Lipinski definition) is 2. The fourth-order valence-electron chi connectivity index (χ4n) is 3.16. The molecular formula is C16H23FN2. The Morgan fingerprint density at radius 3 is 2.74 bits per heavy atom. The summed E-state index contributed by atoms with van der Waals surface area (Å²) < 4.78 is 13.8. The molecule has 1 saturated carbocycles. The van der Waals surface area contributed by atoms with Crippen LogP contribution in [0.2, 0.25) is 0 Å². The summed E-state index contributed by atoms with van der Waals surface area (Å²) in [5, 5.41) is 3.70. The fraction of sp³-hybridized carbons (Fsp3) is 0.625. The van der Waals surface area contributed by atoms with Crippen LogP contribution in [0.4, 0.5) is 10.1 Å². The first kappa shape index (κ1) is 12.9. The Bertz CT molecular complexity index is 484. The second-order valence-corrected chi connectivity index (χ2v) is 6.48.